The zero-order chi connectivity index (χ0) is 14.8. The van der Waals surface area contributed by atoms with Crippen molar-refractivity contribution in [2.45, 2.75) is 25.4 Å². The monoisotopic (exact) mass is 290 g/mol. The lowest BCUT2D eigenvalue weighted by atomic mass is 10.2. The molecule has 0 aliphatic heterocycles. The Morgan fingerprint density at radius 2 is 2.33 bits per heavy atom. The summed E-state index contributed by atoms with van der Waals surface area (Å²) in [6.07, 6.45) is 2.31. The van der Waals surface area contributed by atoms with Crippen LogP contribution in [0.3, 0.4) is 0 Å². The molecule has 1 saturated carbocycles. The number of hydrogen-bond donors (Lipinski definition) is 1. The predicted molar refractivity (Wildman–Crippen MR) is 72.2 cm³/mol. The quantitative estimate of drug-likeness (QED) is 0.620. The summed E-state index contributed by atoms with van der Waals surface area (Å²) in [5.41, 5.74) is 0.409. The second kappa shape index (κ2) is 5.44. The molecule has 1 aromatic heterocycles. The molecular formula is C12H14N6O3. The van der Waals surface area contributed by atoms with Crippen molar-refractivity contribution in [3.05, 3.63) is 34.1 Å². The maximum absolute atomic E-state index is 10.9. The van der Waals surface area contributed by atoms with E-state index in [1.807, 2.05) is 0 Å². The molecule has 110 valence electrons. The zero-order valence-electron chi connectivity index (χ0n) is 11.4. The molecule has 3 rings (SSSR count). The van der Waals surface area contributed by atoms with E-state index >= 15 is 0 Å². The molecule has 9 heteroatoms. The minimum atomic E-state index is -0.463. The number of rotatable bonds is 6. The van der Waals surface area contributed by atoms with Gasteiger partial charge in [0.25, 0.3) is 5.69 Å². The van der Waals surface area contributed by atoms with E-state index < -0.39 is 4.92 Å². The number of hydrogen-bond acceptors (Lipinski definition) is 7. The molecule has 0 bridgehead atoms. The number of methoxy groups -OCH3 is 1. The van der Waals surface area contributed by atoms with E-state index in [-0.39, 0.29) is 5.69 Å². The fourth-order valence-electron chi connectivity index (χ4n) is 1.98. The van der Waals surface area contributed by atoms with Crippen molar-refractivity contribution in [2.75, 3.05) is 7.11 Å². The van der Waals surface area contributed by atoms with Gasteiger partial charge in [-0.1, -0.05) is 0 Å². The third-order valence-electron chi connectivity index (χ3n) is 3.26. The fraction of sp³-hybridized carbons (Fsp3) is 0.417. The number of nitrogens with zero attached hydrogens (tertiary/aromatic N) is 5. The molecule has 0 saturated heterocycles. The number of ether oxygens (including phenoxy) is 1. The summed E-state index contributed by atoms with van der Waals surface area (Å²) in [5, 5.41) is 25.7. The average Bonchev–Trinajstić information content (AvgIpc) is 3.21. The average molecular weight is 290 g/mol. The first-order chi connectivity index (χ1) is 10.2. The van der Waals surface area contributed by atoms with Crippen LogP contribution >= 0.6 is 0 Å². The zero-order valence-corrected chi connectivity index (χ0v) is 11.4. The number of nitro benzene ring substituents is 1. The first-order valence-corrected chi connectivity index (χ1v) is 6.52. The highest BCUT2D eigenvalue weighted by Gasteiger charge is 2.22. The maximum Gasteiger partial charge on any atom is 0.271 e. The van der Waals surface area contributed by atoms with Crippen molar-refractivity contribution in [2.24, 2.45) is 0 Å². The number of nitro groups is 1. The van der Waals surface area contributed by atoms with Gasteiger partial charge in [0.1, 0.15) is 11.4 Å². The molecule has 21 heavy (non-hydrogen) atoms. The molecular weight excluding hydrogens is 276 g/mol. The van der Waals surface area contributed by atoms with Crippen LogP contribution in [0.25, 0.3) is 5.69 Å². The lowest BCUT2D eigenvalue weighted by molar-refractivity contribution is -0.384. The third-order valence-corrected chi connectivity index (χ3v) is 3.26. The van der Waals surface area contributed by atoms with E-state index in [2.05, 4.69) is 20.8 Å². The number of benzene rings is 1. The van der Waals surface area contributed by atoms with Gasteiger partial charge < -0.3 is 10.1 Å². The first-order valence-electron chi connectivity index (χ1n) is 6.52. The van der Waals surface area contributed by atoms with E-state index in [1.54, 1.807) is 0 Å². The Morgan fingerprint density at radius 1 is 1.52 bits per heavy atom. The van der Waals surface area contributed by atoms with Crippen LogP contribution in [0.1, 0.15) is 18.7 Å². The highest BCUT2D eigenvalue weighted by molar-refractivity contribution is 5.53. The first kappa shape index (κ1) is 13.4. The molecule has 0 spiro atoms. The Labute approximate surface area is 120 Å². The molecule has 1 N–H and O–H groups in total. The molecule has 0 unspecified atom stereocenters. The van der Waals surface area contributed by atoms with Crippen LogP contribution in [-0.4, -0.2) is 38.3 Å². The Hall–Kier alpha value is -2.55. The van der Waals surface area contributed by atoms with E-state index in [4.69, 9.17) is 4.74 Å². The number of tetrazole rings is 1. The fourth-order valence-corrected chi connectivity index (χ4v) is 1.98. The summed E-state index contributed by atoms with van der Waals surface area (Å²) >= 11 is 0. The SMILES string of the molecule is COc1ccc([N+](=O)[O-])cc1-n1nnnc1CNC1CC1. The van der Waals surface area contributed by atoms with Crippen molar-refractivity contribution in [3.63, 3.8) is 0 Å². The van der Waals surface area contributed by atoms with Gasteiger partial charge in [-0.3, -0.25) is 10.1 Å². The van der Waals surface area contributed by atoms with Gasteiger partial charge in [-0.05, 0) is 29.3 Å². The van der Waals surface area contributed by atoms with Crippen molar-refractivity contribution < 1.29 is 9.66 Å². The molecule has 1 fully saturated rings. The van der Waals surface area contributed by atoms with Crippen LogP contribution in [0.15, 0.2) is 18.2 Å². The van der Waals surface area contributed by atoms with Crippen LogP contribution in [-0.2, 0) is 6.54 Å². The van der Waals surface area contributed by atoms with E-state index in [0.29, 0.717) is 29.8 Å². The second-order valence-corrected chi connectivity index (χ2v) is 4.78. The topological polar surface area (TPSA) is 108 Å². The van der Waals surface area contributed by atoms with E-state index in [9.17, 15) is 10.1 Å². The standard InChI is InChI=1S/C12H14N6O3/c1-21-11-5-4-9(18(19)20)6-10(11)17-12(14-15-16-17)7-13-8-2-3-8/h4-6,8,13H,2-3,7H2,1H3. The van der Waals surface area contributed by atoms with Gasteiger partial charge in [0.15, 0.2) is 5.82 Å². The number of nitrogens with one attached hydrogen (secondary N) is 1. The summed E-state index contributed by atoms with van der Waals surface area (Å²) in [4.78, 5) is 10.5. The van der Waals surface area contributed by atoms with Crippen LogP contribution in [0, 0.1) is 10.1 Å². The van der Waals surface area contributed by atoms with Gasteiger partial charge in [-0.2, -0.15) is 4.68 Å². The summed E-state index contributed by atoms with van der Waals surface area (Å²) < 4.78 is 6.70. The minimum Gasteiger partial charge on any atom is -0.494 e. The van der Waals surface area contributed by atoms with Gasteiger partial charge in [-0.25, -0.2) is 0 Å². The van der Waals surface area contributed by atoms with Gasteiger partial charge in [-0.15, -0.1) is 5.10 Å². The lowest BCUT2D eigenvalue weighted by Gasteiger charge is -2.09. The van der Waals surface area contributed by atoms with Crippen LogP contribution in [0.4, 0.5) is 5.69 Å². The van der Waals surface area contributed by atoms with Gasteiger partial charge in [0, 0.05) is 18.2 Å². The molecule has 0 amide bonds. The molecule has 0 radical (unpaired) electrons. The van der Waals surface area contributed by atoms with Crippen LogP contribution < -0.4 is 10.1 Å². The van der Waals surface area contributed by atoms with Crippen molar-refractivity contribution in [1.82, 2.24) is 25.5 Å². The molecule has 1 heterocycles. The van der Waals surface area contributed by atoms with E-state index in [0.717, 1.165) is 12.8 Å². The summed E-state index contributed by atoms with van der Waals surface area (Å²) in [7, 11) is 1.50. The minimum absolute atomic E-state index is 0.0394. The Balaban J connectivity index is 1.96. The van der Waals surface area contributed by atoms with Gasteiger partial charge >= 0.3 is 0 Å². The molecule has 1 aromatic carbocycles. The lowest BCUT2D eigenvalue weighted by Crippen LogP contribution is -2.19. The molecule has 2 aromatic rings. The predicted octanol–water partition coefficient (Wildman–Crippen LogP) is 0.831. The van der Waals surface area contributed by atoms with Gasteiger partial charge in [0.05, 0.1) is 18.6 Å². The Kier molecular flexibility index (Phi) is 3.48. The third kappa shape index (κ3) is 2.82. The van der Waals surface area contributed by atoms with Crippen LogP contribution in [0.5, 0.6) is 5.75 Å². The Morgan fingerprint density at radius 3 is 3.00 bits per heavy atom. The van der Waals surface area contributed by atoms with Crippen molar-refractivity contribution in [3.8, 4) is 11.4 Å². The van der Waals surface area contributed by atoms with E-state index in [1.165, 1.54) is 30.0 Å². The molecule has 0 atom stereocenters. The summed E-state index contributed by atoms with van der Waals surface area (Å²) in [6.45, 7) is 0.503. The second-order valence-electron chi connectivity index (χ2n) is 4.78. The van der Waals surface area contributed by atoms with Crippen LogP contribution in [0.2, 0.25) is 0 Å². The highest BCUT2D eigenvalue weighted by Crippen LogP contribution is 2.27. The largest absolute Gasteiger partial charge is 0.494 e. The molecule has 1 aliphatic rings. The molecule has 1 aliphatic carbocycles. The highest BCUT2D eigenvalue weighted by atomic mass is 16.6. The Bertz CT molecular complexity index is 667. The number of non-ortho nitro benzene ring substituents is 1. The van der Waals surface area contributed by atoms with Crippen molar-refractivity contribution in [1.29, 1.82) is 0 Å². The molecule has 9 nitrogen and oxygen atoms in total. The smallest absolute Gasteiger partial charge is 0.271 e. The van der Waals surface area contributed by atoms with Crippen molar-refractivity contribution >= 4 is 5.69 Å². The summed E-state index contributed by atoms with van der Waals surface area (Å²) in [6, 6.07) is 4.83. The van der Waals surface area contributed by atoms with Gasteiger partial charge in [0.2, 0.25) is 0 Å². The normalized spacial score (nSPS) is 14.1. The maximum atomic E-state index is 10.9. The number of aromatic nitrogens is 4. The summed E-state index contributed by atoms with van der Waals surface area (Å²) in [5.74, 6) is 1.06.